The Hall–Kier alpha value is -4.57. The van der Waals surface area contributed by atoms with E-state index >= 15 is 0 Å². The number of phenols is 2. The van der Waals surface area contributed by atoms with Crippen LogP contribution in [0.15, 0.2) is 54.6 Å². The van der Waals surface area contributed by atoms with Crippen LogP contribution in [0.5, 0.6) is 23.0 Å². The van der Waals surface area contributed by atoms with E-state index in [2.05, 4.69) is 32.6 Å². The number of carbonyl (C=O) groups excluding carboxylic acids is 1. The highest BCUT2D eigenvalue weighted by atomic mass is 16.6. The van der Waals surface area contributed by atoms with Crippen molar-refractivity contribution in [3.63, 3.8) is 0 Å². The largest absolute Gasteiger partial charge is 0.508 e. The van der Waals surface area contributed by atoms with Gasteiger partial charge >= 0.3 is 17.9 Å². The number of hydrogen-bond donors (Lipinski definition) is 4. The third-order valence-corrected chi connectivity index (χ3v) is 7.50. The van der Waals surface area contributed by atoms with Crippen LogP contribution in [0.2, 0.25) is 0 Å². The highest BCUT2D eigenvalue weighted by molar-refractivity contribution is 6.00. The molecule has 0 bridgehead atoms. The highest BCUT2D eigenvalue weighted by Crippen LogP contribution is 2.57. The molecule has 0 aliphatic carbocycles. The summed E-state index contributed by atoms with van der Waals surface area (Å²) in [5.74, 6) is -2.10. The molecule has 2 aliphatic heterocycles. The molecule has 0 saturated carbocycles. The first-order chi connectivity index (χ1) is 19.6. The minimum Gasteiger partial charge on any atom is -0.508 e. The molecule has 0 radical (unpaired) electrons. The van der Waals surface area contributed by atoms with Crippen molar-refractivity contribution in [2.45, 2.75) is 59.2 Å². The quantitative estimate of drug-likeness (QED) is 0.273. The van der Waals surface area contributed by atoms with Gasteiger partial charge in [-0.15, -0.1) is 0 Å². The van der Waals surface area contributed by atoms with Crippen LogP contribution in [0.3, 0.4) is 0 Å². The number of benzene rings is 3. The lowest BCUT2D eigenvalue weighted by Crippen LogP contribution is -2.45. The average Bonchev–Trinajstić information content (AvgIpc) is 3.19. The van der Waals surface area contributed by atoms with Gasteiger partial charge in [-0.25, -0.2) is 9.59 Å². The molecule has 0 fully saturated rings. The molecule has 0 aromatic heterocycles. The maximum absolute atomic E-state index is 12.7. The van der Waals surface area contributed by atoms with Crippen LogP contribution in [-0.2, 0) is 15.1 Å². The Morgan fingerprint density at radius 2 is 1.33 bits per heavy atom. The number of nitrogens with zero attached hydrogens (tertiary/aromatic N) is 1. The van der Waals surface area contributed by atoms with Gasteiger partial charge in [-0.2, -0.15) is 0 Å². The second-order valence-electron chi connectivity index (χ2n) is 11.6. The highest BCUT2D eigenvalue weighted by Gasteiger charge is 2.53. The third-order valence-electron chi connectivity index (χ3n) is 7.50. The Morgan fingerprint density at radius 1 is 0.833 bits per heavy atom. The number of aromatic hydroxyl groups is 2. The topological polar surface area (TPSA) is 154 Å². The zero-order valence-electron chi connectivity index (χ0n) is 24.3. The summed E-state index contributed by atoms with van der Waals surface area (Å²) in [5.41, 5.74) is -0.513. The molecule has 5 rings (SSSR count). The van der Waals surface area contributed by atoms with Gasteiger partial charge in [0.15, 0.2) is 5.60 Å². The molecule has 2 aliphatic rings. The molecular formula is C32H35NO9. The lowest BCUT2D eigenvalue weighted by Gasteiger charge is -2.36. The first-order valence-corrected chi connectivity index (χ1v) is 13.5. The minimum atomic E-state index is -1.38. The molecule has 10 nitrogen and oxygen atoms in total. The van der Waals surface area contributed by atoms with Crippen molar-refractivity contribution in [1.82, 2.24) is 4.90 Å². The van der Waals surface area contributed by atoms with Gasteiger partial charge in [0.1, 0.15) is 23.0 Å². The molecule has 3 aromatic carbocycles. The van der Waals surface area contributed by atoms with E-state index in [1.807, 2.05) is 0 Å². The Kier molecular flexibility index (Phi) is 7.97. The van der Waals surface area contributed by atoms with E-state index in [4.69, 9.17) is 14.6 Å². The molecule has 0 unspecified atom stereocenters. The number of fused-ring (bicyclic) bond motifs is 6. The van der Waals surface area contributed by atoms with Crippen LogP contribution >= 0.6 is 0 Å². The number of carboxylic acids is 2. The SMILES string of the molecule is CC(C)N(CC(C)(C)C(=O)O)C(C)C.O=C(O)c1ccc2c(c1)C(=O)OC21c2ccc(O)cc2Oc2cc(O)ccc21. The van der Waals surface area contributed by atoms with Crippen molar-refractivity contribution in [1.29, 1.82) is 0 Å². The number of hydrogen-bond acceptors (Lipinski definition) is 8. The van der Waals surface area contributed by atoms with Crippen LogP contribution < -0.4 is 4.74 Å². The van der Waals surface area contributed by atoms with Crippen molar-refractivity contribution in [2.24, 2.45) is 5.41 Å². The Morgan fingerprint density at radius 3 is 1.79 bits per heavy atom. The van der Waals surface area contributed by atoms with E-state index in [9.17, 15) is 29.7 Å². The number of rotatable bonds is 6. The van der Waals surface area contributed by atoms with E-state index in [1.165, 1.54) is 36.4 Å². The molecular weight excluding hydrogens is 542 g/mol. The van der Waals surface area contributed by atoms with Gasteiger partial charge in [-0.1, -0.05) is 6.07 Å². The third kappa shape index (κ3) is 5.37. The molecule has 1 spiro atoms. The van der Waals surface area contributed by atoms with Gasteiger partial charge in [-0.3, -0.25) is 9.69 Å². The lowest BCUT2D eigenvalue weighted by molar-refractivity contribution is -0.148. The van der Waals surface area contributed by atoms with E-state index in [0.29, 0.717) is 35.3 Å². The minimum absolute atomic E-state index is 0.0309. The summed E-state index contributed by atoms with van der Waals surface area (Å²) in [5, 5.41) is 38.0. The summed E-state index contributed by atoms with van der Waals surface area (Å²) in [6, 6.07) is 13.9. The van der Waals surface area contributed by atoms with E-state index in [-0.39, 0.29) is 34.1 Å². The van der Waals surface area contributed by atoms with Crippen LogP contribution in [0.4, 0.5) is 0 Å². The van der Waals surface area contributed by atoms with Gasteiger partial charge in [0.2, 0.25) is 0 Å². The molecule has 0 saturated heterocycles. The molecule has 42 heavy (non-hydrogen) atoms. The van der Waals surface area contributed by atoms with Gasteiger partial charge in [0.25, 0.3) is 0 Å². The number of phenolic OH excluding ortho intramolecular Hbond substituents is 2. The molecule has 222 valence electrons. The second kappa shape index (κ2) is 11.0. The van der Waals surface area contributed by atoms with Gasteiger partial charge < -0.3 is 29.9 Å². The van der Waals surface area contributed by atoms with Gasteiger partial charge in [0.05, 0.1) is 16.5 Å². The lowest BCUT2D eigenvalue weighted by atomic mass is 9.77. The predicted molar refractivity (Wildman–Crippen MR) is 153 cm³/mol. The Labute approximate surface area is 243 Å². The van der Waals surface area contributed by atoms with Crippen molar-refractivity contribution < 1.29 is 44.3 Å². The molecule has 0 amide bonds. The monoisotopic (exact) mass is 577 g/mol. The number of ether oxygens (including phenoxy) is 2. The first kappa shape index (κ1) is 30.4. The van der Waals surface area contributed by atoms with Crippen LogP contribution in [0.25, 0.3) is 0 Å². The van der Waals surface area contributed by atoms with Crippen LogP contribution in [0, 0.1) is 5.41 Å². The molecule has 2 heterocycles. The van der Waals surface area contributed by atoms with E-state index < -0.39 is 28.9 Å². The maximum atomic E-state index is 12.7. The summed E-state index contributed by atoms with van der Waals surface area (Å²) < 4.78 is 11.7. The standard InChI is InChI=1S/C21H12O7.C11H23NO2/c22-11-2-5-15-17(8-11)27-18-9-12(23)3-6-16(18)21(15)14-4-1-10(19(24)25)7-13(14)20(26)28-21;1-8(2)12(9(3)4)7-11(5,6)10(13)14/h1-9,22-23H,(H,24,25);8-9H,7H2,1-6H3,(H,13,14). The van der Waals surface area contributed by atoms with Crippen LogP contribution in [0.1, 0.15) is 78.9 Å². The Balaban J connectivity index is 0.000000247. The fourth-order valence-electron chi connectivity index (χ4n) is 5.32. The number of aromatic carboxylic acids is 1. The molecule has 4 N–H and O–H groups in total. The summed E-state index contributed by atoms with van der Waals surface area (Å²) in [6.45, 7) is 12.5. The molecule has 3 aromatic rings. The molecule has 0 atom stereocenters. The van der Waals surface area contributed by atoms with Crippen molar-refractivity contribution >= 4 is 17.9 Å². The number of carboxylic acid groups (broad SMARTS) is 2. The normalized spacial score (nSPS) is 14.5. The average molecular weight is 578 g/mol. The van der Waals surface area contributed by atoms with E-state index in [1.54, 1.807) is 32.0 Å². The summed E-state index contributed by atoms with van der Waals surface area (Å²) in [7, 11) is 0. The second-order valence-corrected chi connectivity index (χ2v) is 11.6. The van der Waals surface area contributed by atoms with Crippen molar-refractivity contribution in [3.8, 4) is 23.0 Å². The van der Waals surface area contributed by atoms with Crippen LogP contribution in [-0.4, -0.2) is 61.9 Å². The first-order valence-electron chi connectivity index (χ1n) is 13.5. The fraction of sp³-hybridized carbons (Fsp3) is 0.344. The van der Waals surface area contributed by atoms with Crippen molar-refractivity contribution in [3.05, 3.63) is 82.4 Å². The summed E-state index contributed by atoms with van der Waals surface area (Å²) in [6.07, 6.45) is 0. The molecule has 10 heteroatoms. The number of esters is 1. The van der Waals surface area contributed by atoms with Gasteiger partial charge in [0, 0.05) is 47.5 Å². The Bertz CT molecular complexity index is 1500. The zero-order valence-corrected chi connectivity index (χ0v) is 24.3. The number of aliphatic carboxylic acids is 1. The summed E-state index contributed by atoms with van der Waals surface area (Å²) >= 11 is 0. The smallest absolute Gasteiger partial charge is 0.340 e. The zero-order chi connectivity index (χ0) is 31.1. The fourth-order valence-corrected chi connectivity index (χ4v) is 5.32. The maximum Gasteiger partial charge on any atom is 0.340 e. The number of carbonyl (C=O) groups is 3. The van der Waals surface area contributed by atoms with Gasteiger partial charge in [-0.05, 0) is 77.9 Å². The predicted octanol–water partition coefficient (Wildman–Crippen LogP) is 5.58. The summed E-state index contributed by atoms with van der Waals surface area (Å²) in [4.78, 5) is 37.2. The van der Waals surface area contributed by atoms with E-state index in [0.717, 1.165) is 0 Å². The van der Waals surface area contributed by atoms with Crippen molar-refractivity contribution in [2.75, 3.05) is 6.54 Å².